The molecule has 90 valence electrons. The first kappa shape index (κ1) is 14.4. The van der Waals surface area contributed by atoms with Crippen LogP contribution in [0.25, 0.3) is 0 Å². The number of carbonyl (C=O) groups is 1. The van der Waals surface area contributed by atoms with Crippen molar-refractivity contribution in [1.29, 1.82) is 0 Å². The monoisotopic (exact) mass is 216 g/mol. The number of nitrogens with one attached hydrogen (secondary N) is 1. The fraction of sp³-hybridized carbons (Fsp3) is 0.909. The summed E-state index contributed by atoms with van der Waals surface area (Å²) in [7, 11) is 1.81. The van der Waals surface area contributed by atoms with Crippen molar-refractivity contribution in [1.82, 2.24) is 10.2 Å². The van der Waals surface area contributed by atoms with Crippen molar-refractivity contribution < 1.29 is 9.53 Å². The Balaban J connectivity index is 3.55. The van der Waals surface area contributed by atoms with E-state index in [1.165, 1.54) is 0 Å². The van der Waals surface area contributed by atoms with Gasteiger partial charge in [0, 0.05) is 26.7 Å². The van der Waals surface area contributed by atoms with Crippen LogP contribution < -0.4 is 5.32 Å². The molecule has 0 saturated heterocycles. The van der Waals surface area contributed by atoms with Gasteiger partial charge in [-0.05, 0) is 20.3 Å². The third-order valence-corrected chi connectivity index (χ3v) is 2.27. The molecule has 4 nitrogen and oxygen atoms in total. The molecular weight excluding hydrogens is 192 g/mol. The smallest absolute Gasteiger partial charge is 0.239 e. The summed E-state index contributed by atoms with van der Waals surface area (Å²) < 4.78 is 5.31. The van der Waals surface area contributed by atoms with Gasteiger partial charge in [0.1, 0.15) is 0 Å². The Kier molecular flexibility index (Phi) is 8.33. The number of nitrogens with zero attached hydrogens (tertiary/aromatic N) is 1. The van der Waals surface area contributed by atoms with Gasteiger partial charge < -0.3 is 15.0 Å². The molecule has 0 aliphatic heterocycles. The summed E-state index contributed by atoms with van der Waals surface area (Å²) in [5, 5.41) is 3.14. The molecule has 0 fully saturated rings. The lowest BCUT2D eigenvalue weighted by molar-refractivity contribution is -0.131. The lowest BCUT2D eigenvalue weighted by Crippen LogP contribution is -2.44. The van der Waals surface area contributed by atoms with E-state index in [0.29, 0.717) is 6.61 Å². The molecule has 0 aliphatic rings. The van der Waals surface area contributed by atoms with Crippen LogP contribution in [0.4, 0.5) is 0 Å². The number of likely N-dealkylation sites (N-methyl/N-ethyl adjacent to an activating group) is 1. The van der Waals surface area contributed by atoms with Crippen LogP contribution in [-0.2, 0) is 9.53 Å². The van der Waals surface area contributed by atoms with E-state index in [9.17, 15) is 4.79 Å². The van der Waals surface area contributed by atoms with E-state index < -0.39 is 0 Å². The third-order valence-electron chi connectivity index (χ3n) is 2.27. The fourth-order valence-corrected chi connectivity index (χ4v) is 1.17. The quantitative estimate of drug-likeness (QED) is 0.612. The first-order valence-electron chi connectivity index (χ1n) is 5.69. The minimum atomic E-state index is -0.125. The summed E-state index contributed by atoms with van der Waals surface area (Å²) in [4.78, 5) is 13.3. The molecule has 0 aliphatic carbocycles. The van der Waals surface area contributed by atoms with E-state index in [0.717, 1.165) is 26.1 Å². The molecule has 0 aromatic carbocycles. The number of hydrogen-bond acceptors (Lipinski definition) is 3. The molecule has 0 heterocycles. The van der Waals surface area contributed by atoms with E-state index in [1.807, 2.05) is 20.9 Å². The van der Waals surface area contributed by atoms with Gasteiger partial charge in [0.25, 0.3) is 0 Å². The molecule has 0 aromatic heterocycles. The molecule has 4 heteroatoms. The lowest BCUT2D eigenvalue weighted by atomic mass is 10.3. The lowest BCUT2D eigenvalue weighted by Gasteiger charge is -2.20. The average molecular weight is 216 g/mol. The molecule has 0 spiro atoms. The van der Waals surface area contributed by atoms with Gasteiger partial charge in [0.2, 0.25) is 5.91 Å². The predicted octanol–water partition coefficient (Wildman–Crippen LogP) is 0.869. The van der Waals surface area contributed by atoms with E-state index in [1.54, 1.807) is 4.90 Å². The Morgan fingerprint density at radius 1 is 1.40 bits per heavy atom. The Morgan fingerprint density at radius 2 is 2.07 bits per heavy atom. The summed E-state index contributed by atoms with van der Waals surface area (Å²) in [5.74, 6) is 0.132. The van der Waals surface area contributed by atoms with E-state index in [4.69, 9.17) is 4.74 Å². The van der Waals surface area contributed by atoms with E-state index in [-0.39, 0.29) is 11.9 Å². The molecular formula is C11H24N2O2. The van der Waals surface area contributed by atoms with Gasteiger partial charge in [-0.15, -0.1) is 0 Å². The second-order valence-electron chi connectivity index (χ2n) is 3.64. The fourth-order valence-electron chi connectivity index (χ4n) is 1.17. The maximum absolute atomic E-state index is 11.6. The van der Waals surface area contributed by atoms with Crippen molar-refractivity contribution in [3.63, 3.8) is 0 Å². The number of amides is 1. The van der Waals surface area contributed by atoms with Gasteiger partial charge in [-0.1, -0.05) is 6.92 Å². The maximum Gasteiger partial charge on any atom is 0.239 e. The zero-order valence-electron chi connectivity index (χ0n) is 10.4. The number of hydrogen-bond donors (Lipinski definition) is 1. The van der Waals surface area contributed by atoms with Crippen LogP contribution >= 0.6 is 0 Å². The van der Waals surface area contributed by atoms with Gasteiger partial charge in [-0.3, -0.25) is 4.79 Å². The largest absolute Gasteiger partial charge is 0.380 e. The Bertz CT molecular complexity index is 174. The van der Waals surface area contributed by atoms with E-state index in [2.05, 4.69) is 12.2 Å². The molecule has 0 aromatic rings. The Morgan fingerprint density at radius 3 is 2.60 bits per heavy atom. The van der Waals surface area contributed by atoms with Crippen molar-refractivity contribution in [3.8, 4) is 0 Å². The molecule has 0 rings (SSSR count). The van der Waals surface area contributed by atoms with Crippen LogP contribution in [-0.4, -0.2) is 50.2 Å². The highest BCUT2D eigenvalue weighted by Crippen LogP contribution is 1.91. The minimum Gasteiger partial charge on any atom is -0.380 e. The van der Waals surface area contributed by atoms with Gasteiger partial charge in [-0.2, -0.15) is 0 Å². The Hall–Kier alpha value is -0.610. The molecule has 0 saturated carbocycles. The number of carbonyl (C=O) groups excluding carboxylic acids is 1. The van der Waals surface area contributed by atoms with Crippen molar-refractivity contribution >= 4 is 5.91 Å². The summed E-state index contributed by atoms with van der Waals surface area (Å²) in [6.45, 7) is 8.86. The third kappa shape index (κ3) is 6.47. The standard InChI is InChI=1S/C11H24N2O2/c1-5-8-15-9-7-12-10(3)11(14)13(4)6-2/h10,12H,5-9H2,1-4H3. The normalized spacial score (nSPS) is 12.5. The van der Waals surface area contributed by atoms with Crippen molar-refractivity contribution in [2.75, 3.05) is 33.4 Å². The van der Waals surface area contributed by atoms with Crippen LogP contribution in [0.15, 0.2) is 0 Å². The molecule has 15 heavy (non-hydrogen) atoms. The molecule has 0 bridgehead atoms. The predicted molar refractivity (Wildman–Crippen MR) is 61.9 cm³/mol. The highest BCUT2D eigenvalue weighted by molar-refractivity contribution is 5.81. The maximum atomic E-state index is 11.6. The van der Waals surface area contributed by atoms with Gasteiger partial charge in [0.05, 0.1) is 12.6 Å². The van der Waals surface area contributed by atoms with Crippen molar-refractivity contribution in [2.24, 2.45) is 0 Å². The molecule has 1 amide bonds. The first-order valence-corrected chi connectivity index (χ1v) is 5.69. The minimum absolute atomic E-state index is 0.125. The molecule has 0 radical (unpaired) electrons. The zero-order chi connectivity index (χ0) is 11.7. The highest BCUT2D eigenvalue weighted by Gasteiger charge is 2.14. The van der Waals surface area contributed by atoms with Gasteiger partial charge in [0.15, 0.2) is 0 Å². The van der Waals surface area contributed by atoms with Crippen LogP contribution in [0.1, 0.15) is 27.2 Å². The summed E-state index contributed by atoms with van der Waals surface area (Å²) in [6, 6.07) is -0.125. The van der Waals surface area contributed by atoms with Crippen LogP contribution in [0.2, 0.25) is 0 Å². The van der Waals surface area contributed by atoms with Crippen LogP contribution in [0.5, 0.6) is 0 Å². The SMILES string of the molecule is CCCOCCNC(C)C(=O)N(C)CC. The van der Waals surface area contributed by atoms with E-state index >= 15 is 0 Å². The summed E-state index contributed by atoms with van der Waals surface area (Å²) in [6.07, 6.45) is 1.03. The van der Waals surface area contributed by atoms with Gasteiger partial charge in [-0.25, -0.2) is 0 Å². The first-order chi connectivity index (χ1) is 7.13. The average Bonchev–Trinajstić information content (AvgIpc) is 2.26. The Labute approximate surface area is 93.0 Å². The van der Waals surface area contributed by atoms with Crippen LogP contribution in [0, 0.1) is 0 Å². The molecule has 1 unspecified atom stereocenters. The summed E-state index contributed by atoms with van der Waals surface area (Å²) in [5.41, 5.74) is 0. The van der Waals surface area contributed by atoms with Crippen LogP contribution in [0.3, 0.4) is 0 Å². The second-order valence-corrected chi connectivity index (χ2v) is 3.64. The summed E-state index contributed by atoms with van der Waals surface area (Å²) >= 11 is 0. The molecule has 1 N–H and O–H groups in total. The topological polar surface area (TPSA) is 41.6 Å². The molecule has 1 atom stereocenters. The number of rotatable bonds is 8. The van der Waals surface area contributed by atoms with Gasteiger partial charge >= 0.3 is 0 Å². The zero-order valence-corrected chi connectivity index (χ0v) is 10.4. The second kappa shape index (κ2) is 8.68. The van der Waals surface area contributed by atoms with Crippen molar-refractivity contribution in [2.45, 2.75) is 33.2 Å². The number of ether oxygens (including phenoxy) is 1. The highest BCUT2D eigenvalue weighted by atomic mass is 16.5. The van der Waals surface area contributed by atoms with Crippen molar-refractivity contribution in [3.05, 3.63) is 0 Å².